The highest BCUT2D eigenvalue weighted by molar-refractivity contribution is 6.30. The molecule has 94 valence electrons. The Morgan fingerprint density at radius 1 is 1.26 bits per heavy atom. The van der Waals surface area contributed by atoms with Crippen LogP contribution in [-0.2, 0) is 12.8 Å². The standard InChI is InChI=1S/C15H11ClN2O/c16-12-4-2-5-13(8-12)19-15-11(9-17)7-10-3-1-6-14(10)18-15/h2,4-5,7-8H,1,3,6H2. The third-order valence-electron chi connectivity index (χ3n) is 3.15. The summed E-state index contributed by atoms with van der Waals surface area (Å²) in [6.07, 6.45) is 3.04. The summed E-state index contributed by atoms with van der Waals surface area (Å²) in [6, 6.07) is 11.1. The molecule has 1 aliphatic rings. The van der Waals surface area contributed by atoms with Crippen LogP contribution in [0.25, 0.3) is 0 Å². The Hall–Kier alpha value is -2.05. The lowest BCUT2D eigenvalue weighted by Crippen LogP contribution is -1.97. The Kier molecular flexibility index (Phi) is 3.10. The Labute approximate surface area is 116 Å². The van der Waals surface area contributed by atoms with E-state index in [2.05, 4.69) is 11.1 Å². The molecule has 1 aromatic carbocycles. The second kappa shape index (κ2) is 4.91. The minimum absolute atomic E-state index is 0.366. The van der Waals surface area contributed by atoms with E-state index in [1.807, 2.05) is 6.07 Å². The summed E-state index contributed by atoms with van der Waals surface area (Å²) >= 11 is 5.91. The van der Waals surface area contributed by atoms with E-state index in [0.717, 1.165) is 30.5 Å². The van der Waals surface area contributed by atoms with E-state index in [-0.39, 0.29) is 0 Å². The molecule has 0 aliphatic heterocycles. The number of nitrogens with zero attached hydrogens (tertiary/aromatic N) is 2. The Balaban J connectivity index is 1.99. The summed E-state index contributed by atoms with van der Waals surface area (Å²) in [5.74, 6) is 0.958. The van der Waals surface area contributed by atoms with Gasteiger partial charge in [-0.25, -0.2) is 4.98 Å². The van der Waals surface area contributed by atoms with Crippen molar-refractivity contribution in [2.45, 2.75) is 19.3 Å². The van der Waals surface area contributed by atoms with Crippen molar-refractivity contribution in [1.29, 1.82) is 5.26 Å². The topological polar surface area (TPSA) is 45.9 Å². The van der Waals surface area contributed by atoms with E-state index in [1.54, 1.807) is 24.3 Å². The Morgan fingerprint density at radius 2 is 2.16 bits per heavy atom. The quantitative estimate of drug-likeness (QED) is 0.832. The molecule has 19 heavy (non-hydrogen) atoms. The van der Waals surface area contributed by atoms with E-state index in [1.165, 1.54) is 0 Å². The number of benzene rings is 1. The maximum atomic E-state index is 9.19. The van der Waals surface area contributed by atoms with Crippen LogP contribution in [0.4, 0.5) is 0 Å². The molecule has 1 aliphatic carbocycles. The third kappa shape index (κ3) is 2.40. The van der Waals surface area contributed by atoms with Gasteiger partial charge in [-0.2, -0.15) is 5.26 Å². The summed E-state index contributed by atoms with van der Waals surface area (Å²) in [4.78, 5) is 4.46. The van der Waals surface area contributed by atoms with Crippen molar-refractivity contribution in [2.75, 3.05) is 0 Å². The molecule has 0 unspecified atom stereocenters. The first-order valence-corrected chi connectivity index (χ1v) is 6.50. The van der Waals surface area contributed by atoms with Crippen LogP contribution in [0.15, 0.2) is 30.3 Å². The van der Waals surface area contributed by atoms with Gasteiger partial charge in [0.1, 0.15) is 17.4 Å². The molecule has 0 radical (unpaired) electrons. The van der Waals surface area contributed by atoms with Crippen LogP contribution in [0.5, 0.6) is 11.6 Å². The zero-order valence-electron chi connectivity index (χ0n) is 10.2. The highest BCUT2D eigenvalue weighted by Crippen LogP contribution is 2.30. The second-order valence-electron chi connectivity index (χ2n) is 4.47. The number of hydrogen-bond acceptors (Lipinski definition) is 3. The van der Waals surface area contributed by atoms with E-state index in [9.17, 15) is 5.26 Å². The molecule has 2 aromatic rings. The van der Waals surface area contributed by atoms with Crippen molar-refractivity contribution in [2.24, 2.45) is 0 Å². The fraction of sp³-hybridized carbons (Fsp3) is 0.200. The summed E-state index contributed by atoms with van der Waals surface area (Å²) in [6.45, 7) is 0. The fourth-order valence-electron chi connectivity index (χ4n) is 2.25. The first-order valence-electron chi connectivity index (χ1n) is 6.12. The average Bonchev–Trinajstić information content (AvgIpc) is 2.85. The third-order valence-corrected chi connectivity index (χ3v) is 3.38. The molecule has 3 rings (SSSR count). The van der Waals surface area contributed by atoms with E-state index in [4.69, 9.17) is 16.3 Å². The van der Waals surface area contributed by atoms with Crippen molar-refractivity contribution in [3.05, 3.63) is 52.2 Å². The van der Waals surface area contributed by atoms with Gasteiger partial charge in [0.05, 0.1) is 0 Å². The van der Waals surface area contributed by atoms with Gasteiger partial charge >= 0.3 is 0 Å². The van der Waals surface area contributed by atoms with Gasteiger partial charge in [0.25, 0.3) is 0 Å². The van der Waals surface area contributed by atoms with Crippen LogP contribution in [0.3, 0.4) is 0 Å². The summed E-state index contributed by atoms with van der Waals surface area (Å²) in [5.41, 5.74) is 2.67. The van der Waals surface area contributed by atoms with Gasteiger partial charge in [-0.3, -0.25) is 0 Å². The number of ether oxygens (including phenoxy) is 1. The van der Waals surface area contributed by atoms with E-state index >= 15 is 0 Å². The lowest BCUT2D eigenvalue weighted by Gasteiger charge is -2.08. The van der Waals surface area contributed by atoms with Crippen molar-refractivity contribution < 1.29 is 4.74 Å². The summed E-state index contributed by atoms with van der Waals surface area (Å²) < 4.78 is 5.69. The molecular weight excluding hydrogens is 260 g/mol. The number of halogens is 1. The number of fused-ring (bicyclic) bond motifs is 1. The molecule has 1 heterocycles. The Bertz CT molecular complexity index is 676. The molecular formula is C15H11ClN2O. The molecule has 0 bridgehead atoms. The zero-order valence-corrected chi connectivity index (χ0v) is 10.9. The van der Waals surface area contributed by atoms with Crippen molar-refractivity contribution in [1.82, 2.24) is 4.98 Å². The summed E-state index contributed by atoms with van der Waals surface area (Å²) in [7, 11) is 0. The predicted molar refractivity (Wildman–Crippen MR) is 72.5 cm³/mol. The van der Waals surface area contributed by atoms with Gasteiger partial charge in [0.15, 0.2) is 0 Å². The summed E-state index contributed by atoms with van der Waals surface area (Å²) in [5, 5.41) is 9.78. The van der Waals surface area contributed by atoms with E-state index in [0.29, 0.717) is 22.2 Å². The normalized spacial score (nSPS) is 12.8. The number of nitriles is 1. The molecule has 0 saturated carbocycles. The van der Waals surface area contributed by atoms with Gasteiger partial charge in [0, 0.05) is 10.7 Å². The van der Waals surface area contributed by atoms with Gasteiger partial charge < -0.3 is 4.74 Å². The SMILES string of the molecule is N#Cc1cc2c(nc1Oc1cccc(Cl)c1)CCC2. The van der Waals surface area contributed by atoms with Gasteiger partial charge in [-0.05, 0) is 49.1 Å². The lowest BCUT2D eigenvalue weighted by molar-refractivity contribution is 0.459. The van der Waals surface area contributed by atoms with Crippen LogP contribution < -0.4 is 4.74 Å². The molecule has 1 aromatic heterocycles. The number of pyridine rings is 1. The number of rotatable bonds is 2. The highest BCUT2D eigenvalue weighted by Gasteiger charge is 2.17. The molecule has 0 amide bonds. The number of hydrogen-bond donors (Lipinski definition) is 0. The fourth-order valence-corrected chi connectivity index (χ4v) is 2.43. The Morgan fingerprint density at radius 3 is 2.95 bits per heavy atom. The minimum atomic E-state index is 0.366. The first-order chi connectivity index (χ1) is 9.26. The molecule has 3 nitrogen and oxygen atoms in total. The van der Waals surface area contributed by atoms with Crippen LogP contribution in [0, 0.1) is 11.3 Å². The molecule has 4 heteroatoms. The number of aromatic nitrogens is 1. The number of aryl methyl sites for hydroxylation is 2. The zero-order chi connectivity index (χ0) is 13.2. The smallest absolute Gasteiger partial charge is 0.237 e. The largest absolute Gasteiger partial charge is 0.438 e. The van der Waals surface area contributed by atoms with Gasteiger partial charge in [-0.15, -0.1) is 0 Å². The van der Waals surface area contributed by atoms with Crippen molar-refractivity contribution >= 4 is 11.6 Å². The molecule has 0 fully saturated rings. The van der Waals surface area contributed by atoms with Crippen LogP contribution in [-0.4, -0.2) is 4.98 Å². The average molecular weight is 271 g/mol. The monoisotopic (exact) mass is 270 g/mol. The molecule has 0 spiro atoms. The minimum Gasteiger partial charge on any atom is -0.438 e. The maximum Gasteiger partial charge on any atom is 0.237 e. The molecule has 0 atom stereocenters. The molecule has 0 saturated heterocycles. The maximum absolute atomic E-state index is 9.19. The van der Waals surface area contributed by atoms with Crippen molar-refractivity contribution in [3.63, 3.8) is 0 Å². The van der Waals surface area contributed by atoms with Gasteiger partial charge in [0.2, 0.25) is 5.88 Å². The molecule has 0 N–H and O–H groups in total. The van der Waals surface area contributed by atoms with Crippen LogP contribution in [0.2, 0.25) is 5.02 Å². The second-order valence-corrected chi connectivity index (χ2v) is 4.91. The van der Waals surface area contributed by atoms with E-state index < -0.39 is 0 Å². The van der Waals surface area contributed by atoms with Gasteiger partial charge in [-0.1, -0.05) is 17.7 Å². The van der Waals surface area contributed by atoms with Crippen LogP contribution >= 0.6 is 11.6 Å². The van der Waals surface area contributed by atoms with Crippen LogP contribution in [0.1, 0.15) is 23.2 Å². The van der Waals surface area contributed by atoms with Crippen molar-refractivity contribution in [3.8, 4) is 17.7 Å². The lowest BCUT2D eigenvalue weighted by atomic mass is 10.1. The predicted octanol–water partition coefficient (Wildman–Crippen LogP) is 3.89. The first kappa shape index (κ1) is 12.0. The highest BCUT2D eigenvalue weighted by atomic mass is 35.5.